The van der Waals surface area contributed by atoms with Crippen LogP contribution in [0.4, 0.5) is 4.79 Å². The lowest BCUT2D eigenvalue weighted by Crippen LogP contribution is -2.42. The first kappa shape index (κ1) is 26.8. The highest BCUT2D eigenvalue weighted by Crippen LogP contribution is 2.23. The van der Waals surface area contributed by atoms with Crippen LogP contribution in [0.1, 0.15) is 37.3 Å². The number of aromatic nitrogens is 2. The van der Waals surface area contributed by atoms with Crippen molar-refractivity contribution in [3.63, 3.8) is 0 Å². The van der Waals surface area contributed by atoms with Crippen molar-refractivity contribution in [2.45, 2.75) is 51.9 Å². The Morgan fingerprint density at radius 3 is 2.15 bits per heavy atom. The molecule has 5 rings (SSSR count). The molecule has 1 fully saturated rings. The van der Waals surface area contributed by atoms with Crippen LogP contribution >= 0.6 is 0 Å². The van der Waals surface area contributed by atoms with Gasteiger partial charge in [0.1, 0.15) is 6.61 Å². The van der Waals surface area contributed by atoms with E-state index in [-0.39, 0.29) is 17.8 Å². The highest BCUT2D eigenvalue weighted by Gasteiger charge is 2.25. The molecule has 0 saturated carbocycles. The van der Waals surface area contributed by atoms with Crippen molar-refractivity contribution in [3.8, 4) is 0 Å². The molecule has 0 bridgehead atoms. The molecule has 2 heterocycles. The van der Waals surface area contributed by atoms with E-state index < -0.39 is 0 Å². The number of fused-ring (bicyclic) bond motifs is 1. The SMILES string of the molecule is C[C@@H](COC(=O)N1CCC(CCn2c(=O)[nH]c3ccccc32)CC1)N(Cc1ccccc1)Cc1ccccc1. The van der Waals surface area contributed by atoms with Gasteiger partial charge in [-0.15, -0.1) is 0 Å². The van der Waals surface area contributed by atoms with Crippen LogP contribution in [0.25, 0.3) is 11.0 Å². The predicted octanol–water partition coefficient (Wildman–Crippen LogP) is 5.66. The van der Waals surface area contributed by atoms with E-state index in [0.29, 0.717) is 32.2 Å². The first-order valence-electron chi connectivity index (χ1n) is 14.0. The summed E-state index contributed by atoms with van der Waals surface area (Å²) in [4.78, 5) is 32.4. The Hall–Kier alpha value is -3.84. The molecule has 1 N–H and O–H groups in total. The number of ether oxygens (including phenoxy) is 1. The van der Waals surface area contributed by atoms with Crippen LogP contribution < -0.4 is 5.69 Å². The van der Waals surface area contributed by atoms with Crippen LogP contribution in [-0.4, -0.2) is 51.2 Å². The standard InChI is InChI=1S/C32H38N4O3/c1-25(35(22-27-10-4-2-5-11-27)23-28-12-6-3-7-13-28)24-39-32(38)34-19-16-26(17-20-34)18-21-36-30-15-9-8-14-29(30)33-31(36)37/h2-15,25-26H,16-24H2,1H3,(H,33,37)/t25-/m0/s1. The second kappa shape index (κ2) is 12.8. The fourth-order valence-corrected chi connectivity index (χ4v) is 5.44. The number of aromatic amines is 1. The minimum atomic E-state index is -0.229. The molecular formula is C32H38N4O3. The van der Waals surface area contributed by atoms with Gasteiger partial charge in [0, 0.05) is 38.8 Å². The number of rotatable bonds is 10. The molecule has 7 heteroatoms. The fourth-order valence-electron chi connectivity index (χ4n) is 5.44. The molecule has 0 radical (unpaired) electrons. The quantitative estimate of drug-likeness (QED) is 0.290. The Bertz CT molecular complexity index is 1350. The number of piperidine rings is 1. The summed E-state index contributed by atoms with van der Waals surface area (Å²) < 4.78 is 7.64. The topological polar surface area (TPSA) is 70.6 Å². The molecule has 1 aliphatic rings. The number of nitrogens with one attached hydrogen (secondary N) is 1. The number of hydrogen-bond acceptors (Lipinski definition) is 4. The molecule has 1 aromatic heterocycles. The van der Waals surface area contributed by atoms with Crippen molar-refractivity contribution in [3.05, 3.63) is 107 Å². The van der Waals surface area contributed by atoms with Crippen LogP contribution in [0.15, 0.2) is 89.7 Å². The largest absolute Gasteiger partial charge is 0.448 e. The zero-order valence-electron chi connectivity index (χ0n) is 22.7. The summed E-state index contributed by atoms with van der Waals surface area (Å²) in [5.41, 5.74) is 4.25. The summed E-state index contributed by atoms with van der Waals surface area (Å²) in [5.74, 6) is 0.487. The summed E-state index contributed by atoms with van der Waals surface area (Å²) in [5, 5.41) is 0. The van der Waals surface area contributed by atoms with Crippen LogP contribution in [0.3, 0.4) is 0 Å². The van der Waals surface area contributed by atoms with Crippen LogP contribution in [-0.2, 0) is 24.4 Å². The molecule has 39 heavy (non-hydrogen) atoms. The molecular weight excluding hydrogens is 488 g/mol. The first-order chi connectivity index (χ1) is 19.1. The normalized spacial score (nSPS) is 15.1. The molecule has 3 aromatic carbocycles. The third-order valence-electron chi connectivity index (χ3n) is 7.84. The summed E-state index contributed by atoms with van der Waals surface area (Å²) in [7, 11) is 0. The van der Waals surface area contributed by atoms with Gasteiger partial charge in [0.2, 0.25) is 0 Å². The minimum absolute atomic E-state index is 0.0556. The number of aryl methyl sites for hydroxylation is 1. The third-order valence-corrected chi connectivity index (χ3v) is 7.84. The number of amides is 1. The number of para-hydroxylation sites is 2. The van der Waals surface area contributed by atoms with Gasteiger partial charge in [-0.3, -0.25) is 9.47 Å². The van der Waals surface area contributed by atoms with Gasteiger partial charge in [-0.25, -0.2) is 9.59 Å². The smallest absolute Gasteiger partial charge is 0.409 e. The lowest BCUT2D eigenvalue weighted by molar-refractivity contribution is 0.0555. The number of carbonyl (C=O) groups excluding carboxylic acids is 1. The second-order valence-corrected chi connectivity index (χ2v) is 10.6. The Morgan fingerprint density at radius 2 is 1.51 bits per heavy atom. The van der Waals surface area contributed by atoms with Gasteiger partial charge in [0.25, 0.3) is 0 Å². The molecule has 1 aliphatic heterocycles. The van der Waals surface area contributed by atoms with Crippen molar-refractivity contribution in [2.75, 3.05) is 19.7 Å². The van der Waals surface area contributed by atoms with Crippen LogP contribution in [0.2, 0.25) is 0 Å². The Morgan fingerprint density at radius 1 is 0.923 bits per heavy atom. The lowest BCUT2D eigenvalue weighted by atomic mass is 9.94. The summed E-state index contributed by atoms with van der Waals surface area (Å²) in [6.07, 6.45) is 2.55. The van der Waals surface area contributed by atoms with Gasteiger partial charge >= 0.3 is 11.8 Å². The van der Waals surface area contributed by atoms with E-state index >= 15 is 0 Å². The van der Waals surface area contributed by atoms with E-state index in [1.165, 1.54) is 11.1 Å². The van der Waals surface area contributed by atoms with E-state index in [1.807, 2.05) is 45.9 Å². The number of imidazole rings is 1. The maximum Gasteiger partial charge on any atom is 0.409 e. The summed E-state index contributed by atoms with van der Waals surface area (Å²) in [6, 6.07) is 28.7. The maximum atomic E-state index is 12.9. The van der Waals surface area contributed by atoms with Gasteiger partial charge in [0.15, 0.2) is 0 Å². The van der Waals surface area contributed by atoms with Gasteiger partial charge in [0.05, 0.1) is 11.0 Å². The molecule has 0 unspecified atom stereocenters. The third kappa shape index (κ3) is 6.98. The second-order valence-electron chi connectivity index (χ2n) is 10.6. The number of carbonyl (C=O) groups is 1. The monoisotopic (exact) mass is 526 g/mol. The number of likely N-dealkylation sites (tertiary alicyclic amines) is 1. The zero-order chi connectivity index (χ0) is 27.0. The van der Waals surface area contributed by atoms with Crippen molar-refractivity contribution in [1.82, 2.24) is 19.4 Å². The molecule has 4 aromatic rings. The molecule has 1 atom stereocenters. The summed E-state index contributed by atoms with van der Waals surface area (Å²) in [6.45, 7) is 6.13. The van der Waals surface area contributed by atoms with E-state index in [9.17, 15) is 9.59 Å². The molecule has 7 nitrogen and oxygen atoms in total. The van der Waals surface area contributed by atoms with E-state index in [0.717, 1.165) is 43.4 Å². The average Bonchev–Trinajstić information content (AvgIpc) is 3.30. The van der Waals surface area contributed by atoms with E-state index in [4.69, 9.17) is 4.74 Å². The molecule has 0 aliphatic carbocycles. The molecule has 204 valence electrons. The van der Waals surface area contributed by atoms with Crippen molar-refractivity contribution >= 4 is 17.1 Å². The summed E-state index contributed by atoms with van der Waals surface area (Å²) >= 11 is 0. The lowest BCUT2D eigenvalue weighted by Gasteiger charge is -2.33. The van der Waals surface area contributed by atoms with E-state index in [2.05, 4.69) is 65.3 Å². The predicted molar refractivity (Wildman–Crippen MR) is 154 cm³/mol. The van der Waals surface area contributed by atoms with Crippen molar-refractivity contribution < 1.29 is 9.53 Å². The Balaban J connectivity index is 1.10. The van der Waals surface area contributed by atoms with Crippen molar-refractivity contribution in [2.24, 2.45) is 5.92 Å². The Kier molecular flexibility index (Phi) is 8.78. The number of H-pyrrole nitrogens is 1. The van der Waals surface area contributed by atoms with Crippen LogP contribution in [0.5, 0.6) is 0 Å². The number of hydrogen-bond donors (Lipinski definition) is 1. The van der Waals surface area contributed by atoms with E-state index in [1.54, 1.807) is 0 Å². The first-order valence-corrected chi connectivity index (χ1v) is 14.0. The average molecular weight is 527 g/mol. The van der Waals surface area contributed by atoms with Gasteiger partial charge in [-0.2, -0.15) is 0 Å². The maximum absolute atomic E-state index is 12.9. The molecule has 1 saturated heterocycles. The van der Waals surface area contributed by atoms with Gasteiger partial charge in [-0.1, -0.05) is 72.8 Å². The van der Waals surface area contributed by atoms with Crippen molar-refractivity contribution in [1.29, 1.82) is 0 Å². The highest BCUT2D eigenvalue weighted by atomic mass is 16.6. The Labute approximate surface area is 230 Å². The van der Waals surface area contributed by atoms with Gasteiger partial charge in [-0.05, 0) is 55.4 Å². The van der Waals surface area contributed by atoms with Crippen LogP contribution in [0, 0.1) is 5.92 Å². The molecule has 0 spiro atoms. The van der Waals surface area contributed by atoms with Gasteiger partial charge < -0.3 is 14.6 Å². The zero-order valence-corrected chi connectivity index (χ0v) is 22.7. The minimum Gasteiger partial charge on any atom is -0.448 e. The number of benzene rings is 3. The fraction of sp³-hybridized carbons (Fsp3) is 0.375. The highest BCUT2D eigenvalue weighted by molar-refractivity contribution is 5.74. The molecule has 1 amide bonds. The number of nitrogens with zero attached hydrogens (tertiary/aromatic N) is 3.